The number of methoxy groups -OCH3 is 1. The lowest BCUT2D eigenvalue weighted by molar-refractivity contribution is -0.112. The Hall–Kier alpha value is -2.49. The molecule has 0 spiro atoms. The van der Waals surface area contributed by atoms with Crippen LogP contribution in [0.15, 0.2) is 40.4 Å². The summed E-state index contributed by atoms with van der Waals surface area (Å²) in [7, 11) is 1.54. The van der Waals surface area contributed by atoms with E-state index in [2.05, 4.69) is 21.2 Å². The van der Waals surface area contributed by atoms with E-state index in [-0.39, 0.29) is 5.57 Å². The Labute approximate surface area is 171 Å². The molecule has 0 aliphatic heterocycles. The third kappa shape index (κ3) is 5.03. The molecule has 140 valence electrons. The van der Waals surface area contributed by atoms with E-state index in [9.17, 15) is 10.1 Å². The van der Waals surface area contributed by atoms with Gasteiger partial charge in [0, 0.05) is 15.2 Å². The van der Waals surface area contributed by atoms with Gasteiger partial charge >= 0.3 is 0 Å². The van der Waals surface area contributed by atoms with E-state index in [4.69, 9.17) is 21.1 Å². The van der Waals surface area contributed by atoms with Gasteiger partial charge in [0.05, 0.1) is 13.7 Å². The molecule has 1 N–H and O–H groups in total. The lowest BCUT2D eigenvalue weighted by Gasteiger charge is -2.12. The molecule has 0 aromatic heterocycles. The number of hydrogen-bond donors (Lipinski definition) is 1. The molecule has 0 radical (unpaired) electrons. The van der Waals surface area contributed by atoms with E-state index in [0.29, 0.717) is 38.9 Å². The van der Waals surface area contributed by atoms with Gasteiger partial charge in [0.2, 0.25) is 0 Å². The molecule has 0 saturated carbocycles. The molecule has 0 bridgehead atoms. The van der Waals surface area contributed by atoms with Crippen molar-refractivity contribution in [3.8, 4) is 17.6 Å². The number of nitriles is 1. The molecule has 27 heavy (non-hydrogen) atoms. The maximum atomic E-state index is 12.5. The van der Waals surface area contributed by atoms with Gasteiger partial charge in [-0.25, -0.2) is 0 Å². The van der Waals surface area contributed by atoms with Crippen LogP contribution in [-0.2, 0) is 4.79 Å². The Morgan fingerprint density at radius 3 is 2.74 bits per heavy atom. The van der Waals surface area contributed by atoms with Crippen LogP contribution in [0, 0.1) is 18.3 Å². The molecule has 7 heteroatoms. The number of nitrogens with zero attached hydrogens (tertiary/aromatic N) is 1. The van der Waals surface area contributed by atoms with Crippen LogP contribution in [0.5, 0.6) is 11.5 Å². The summed E-state index contributed by atoms with van der Waals surface area (Å²) in [6, 6.07) is 10.6. The largest absolute Gasteiger partial charge is 0.493 e. The van der Waals surface area contributed by atoms with Crippen LogP contribution < -0.4 is 14.8 Å². The van der Waals surface area contributed by atoms with E-state index >= 15 is 0 Å². The number of carbonyl (C=O) groups is 1. The molecule has 0 saturated heterocycles. The van der Waals surface area contributed by atoms with E-state index in [1.165, 1.54) is 6.08 Å². The van der Waals surface area contributed by atoms with Crippen molar-refractivity contribution < 1.29 is 14.3 Å². The van der Waals surface area contributed by atoms with E-state index in [1.54, 1.807) is 44.4 Å². The molecule has 2 rings (SSSR count). The van der Waals surface area contributed by atoms with Crippen LogP contribution >= 0.6 is 27.5 Å². The molecule has 2 aromatic rings. The maximum Gasteiger partial charge on any atom is 0.266 e. The number of halogens is 2. The van der Waals surface area contributed by atoms with Crippen molar-refractivity contribution in [2.24, 2.45) is 0 Å². The molecule has 0 unspecified atom stereocenters. The molecule has 0 atom stereocenters. The molecule has 0 aliphatic carbocycles. The molecular weight excluding hydrogens is 432 g/mol. The highest BCUT2D eigenvalue weighted by Gasteiger charge is 2.14. The number of ether oxygens (including phenoxy) is 2. The minimum absolute atomic E-state index is 0.0531. The van der Waals surface area contributed by atoms with Crippen LogP contribution in [0.25, 0.3) is 6.08 Å². The Bertz CT molecular complexity index is 936. The quantitative estimate of drug-likeness (QED) is 0.476. The molecule has 1 amide bonds. The van der Waals surface area contributed by atoms with Crippen LogP contribution in [0.4, 0.5) is 5.69 Å². The van der Waals surface area contributed by atoms with Gasteiger partial charge in [0.25, 0.3) is 5.91 Å². The maximum absolute atomic E-state index is 12.5. The Morgan fingerprint density at radius 1 is 1.37 bits per heavy atom. The second-order valence-corrected chi connectivity index (χ2v) is 6.76. The first-order valence-electron chi connectivity index (χ1n) is 8.09. The van der Waals surface area contributed by atoms with Gasteiger partial charge in [-0.05, 0) is 55.3 Å². The third-order valence-corrected chi connectivity index (χ3v) is 4.86. The normalized spacial score (nSPS) is 10.9. The van der Waals surface area contributed by atoms with E-state index < -0.39 is 5.91 Å². The SMILES string of the molecule is CCOc1cc(/C=C(\C#N)C(=O)Nc2cccc(Cl)c2C)c(Br)cc1OC. The number of rotatable bonds is 6. The minimum atomic E-state index is -0.524. The predicted molar refractivity (Wildman–Crippen MR) is 110 cm³/mol. The van der Waals surface area contributed by atoms with Crippen molar-refractivity contribution in [1.29, 1.82) is 5.26 Å². The second-order valence-electron chi connectivity index (χ2n) is 5.49. The fraction of sp³-hybridized carbons (Fsp3) is 0.200. The first-order chi connectivity index (χ1) is 12.9. The highest BCUT2D eigenvalue weighted by atomic mass is 79.9. The number of anilines is 1. The van der Waals surface area contributed by atoms with Gasteiger partial charge in [-0.15, -0.1) is 0 Å². The van der Waals surface area contributed by atoms with Crippen molar-refractivity contribution in [3.63, 3.8) is 0 Å². The van der Waals surface area contributed by atoms with E-state index in [1.807, 2.05) is 13.0 Å². The van der Waals surface area contributed by atoms with Crippen molar-refractivity contribution in [3.05, 3.63) is 56.5 Å². The van der Waals surface area contributed by atoms with Gasteiger partial charge in [-0.2, -0.15) is 5.26 Å². The van der Waals surface area contributed by atoms with Gasteiger partial charge in [0.15, 0.2) is 11.5 Å². The van der Waals surface area contributed by atoms with Gasteiger partial charge in [0.1, 0.15) is 11.6 Å². The fourth-order valence-electron chi connectivity index (χ4n) is 2.33. The zero-order valence-electron chi connectivity index (χ0n) is 15.1. The third-order valence-electron chi connectivity index (χ3n) is 3.76. The number of nitrogens with one attached hydrogen (secondary N) is 1. The summed E-state index contributed by atoms with van der Waals surface area (Å²) in [5, 5.41) is 12.7. The van der Waals surface area contributed by atoms with Crippen LogP contribution in [0.3, 0.4) is 0 Å². The first kappa shape index (κ1) is 20.8. The lowest BCUT2D eigenvalue weighted by atomic mass is 10.1. The molecule has 2 aromatic carbocycles. The average Bonchev–Trinajstić information content (AvgIpc) is 2.65. The van der Waals surface area contributed by atoms with Crippen LogP contribution in [0.2, 0.25) is 5.02 Å². The zero-order chi connectivity index (χ0) is 20.0. The van der Waals surface area contributed by atoms with Crippen molar-refractivity contribution in [1.82, 2.24) is 0 Å². The van der Waals surface area contributed by atoms with Gasteiger partial charge in [-0.1, -0.05) is 33.6 Å². The summed E-state index contributed by atoms with van der Waals surface area (Å²) in [5.74, 6) is 0.555. The van der Waals surface area contributed by atoms with Crippen LogP contribution in [0.1, 0.15) is 18.1 Å². The molecule has 5 nitrogen and oxygen atoms in total. The Balaban J connectivity index is 2.37. The second kappa shape index (κ2) is 9.45. The smallest absolute Gasteiger partial charge is 0.266 e. The Morgan fingerprint density at radius 2 is 2.11 bits per heavy atom. The molecule has 0 fully saturated rings. The minimum Gasteiger partial charge on any atom is -0.493 e. The number of carbonyl (C=O) groups excluding carboxylic acids is 1. The monoisotopic (exact) mass is 448 g/mol. The molecule has 0 aliphatic rings. The van der Waals surface area contributed by atoms with Gasteiger partial charge < -0.3 is 14.8 Å². The number of amides is 1. The highest BCUT2D eigenvalue weighted by molar-refractivity contribution is 9.10. The first-order valence-corrected chi connectivity index (χ1v) is 9.27. The molecule has 0 heterocycles. The summed E-state index contributed by atoms with van der Waals surface area (Å²) < 4.78 is 11.5. The Kier molecular flexibility index (Phi) is 7.28. The number of hydrogen-bond acceptors (Lipinski definition) is 4. The lowest BCUT2D eigenvalue weighted by Crippen LogP contribution is -2.14. The number of benzene rings is 2. The summed E-state index contributed by atoms with van der Waals surface area (Å²) in [5.41, 5.74) is 1.85. The predicted octanol–water partition coefficient (Wildman–Crippen LogP) is 5.36. The summed E-state index contributed by atoms with van der Waals surface area (Å²) in [6.07, 6.45) is 1.49. The summed E-state index contributed by atoms with van der Waals surface area (Å²) in [6.45, 7) is 4.11. The van der Waals surface area contributed by atoms with Crippen LogP contribution in [-0.4, -0.2) is 19.6 Å². The fourth-order valence-corrected chi connectivity index (χ4v) is 2.94. The zero-order valence-corrected chi connectivity index (χ0v) is 17.4. The summed E-state index contributed by atoms with van der Waals surface area (Å²) in [4.78, 5) is 12.5. The molecular formula is C20H18BrClN2O3. The topological polar surface area (TPSA) is 71.3 Å². The van der Waals surface area contributed by atoms with Crippen molar-refractivity contribution in [2.45, 2.75) is 13.8 Å². The van der Waals surface area contributed by atoms with Crippen molar-refractivity contribution in [2.75, 3.05) is 19.0 Å². The average molecular weight is 450 g/mol. The van der Waals surface area contributed by atoms with Crippen molar-refractivity contribution >= 4 is 45.2 Å². The standard InChI is InChI=1S/C20H18BrClN2O3/c1-4-27-19-9-13(15(21)10-18(19)26-3)8-14(11-23)20(25)24-17-7-5-6-16(22)12(17)2/h5-10H,4H2,1-3H3,(H,24,25)/b14-8+. The van der Waals surface area contributed by atoms with E-state index in [0.717, 1.165) is 5.56 Å². The van der Waals surface area contributed by atoms with Gasteiger partial charge in [-0.3, -0.25) is 4.79 Å². The summed E-state index contributed by atoms with van der Waals surface area (Å²) >= 11 is 9.50. The highest BCUT2D eigenvalue weighted by Crippen LogP contribution is 2.34.